The molecule has 0 nitrogen and oxygen atoms in total. The van der Waals surface area contributed by atoms with Gasteiger partial charge in [-0.2, -0.15) is 0 Å². The molecule has 1 saturated carbocycles. The first-order valence-corrected chi connectivity index (χ1v) is 5.88. The molecule has 0 spiro atoms. The zero-order valence-corrected chi connectivity index (χ0v) is 9.56. The van der Waals surface area contributed by atoms with E-state index >= 15 is 0 Å². The SMILES string of the molecule is CCc1cc(C)c(C2CC2)cc1CC. The number of hydrogen-bond acceptors (Lipinski definition) is 0. The first-order chi connectivity index (χ1) is 6.76. The topological polar surface area (TPSA) is 0 Å². The minimum absolute atomic E-state index is 0.895. The molecule has 0 saturated heterocycles. The van der Waals surface area contributed by atoms with E-state index in [1.54, 1.807) is 16.7 Å². The van der Waals surface area contributed by atoms with Crippen molar-refractivity contribution in [3.05, 3.63) is 34.4 Å². The molecular formula is C14H20. The number of rotatable bonds is 3. The summed E-state index contributed by atoms with van der Waals surface area (Å²) in [5.41, 5.74) is 6.26. The average Bonchev–Trinajstić information content (AvgIpc) is 3.01. The summed E-state index contributed by atoms with van der Waals surface area (Å²) in [4.78, 5) is 0. The fraction of sp³-hybridized carbons (Fsp3) is 0.571. The van der Waals surface area contributed by atoms with E-state index < -0.39 is 0 Å². The van der Waals surface area contributed by atoms with Gasteiger partial charge in [-0.25, -0.2) is 0 Å². The van der Waals surface area contributed by atoms with Crippen molar-refractivity contribution < 1.29 is 0 Å². The minimum Gasteiger partial charge on any atom is -0.0613 e. The van der Waals surface area contributed by atoms with Gasteiger partial charge >= 0.3 is 0 Å². The molecule has 14 heavy (non-hydrogen) atoms. The molecule has 1 aromatic carbocycles. The molecule has 0 heteroatoms. The van der Waals surface area contributed by atoms with Crippen LogP contribution in [0.4, 0.5) is 0 Å². The third kappa shape index (κ3) is 1.70. The second kappa shape index (κ2) is 3.76. The summed E-state index contributed by atoms with van der Waals surface area (Å²) in [5, 5.41) is 0. The highest BCUT2D eigenvalue weighted by Gasteiger charge is 2.25. The quantitative estimate of drug-likeness (QED) is 0.672. The van der Waals surface area contributed by atoms with Gasteiger partial charge < -0.3 is 0 Å². The predicted molar refractivity (Wildman–Crippen MR) is 61.9 cm³/mol. The summed E-state index contributed by atoms with van der Waals surface area (Å²) in [6, 6.07) is 4.87. The van der Waals surface area contributed by atoms with Crippen LogP contribution in [0.3, 0.4) is 0 Å². The van der Waals surface area contributed by atoms with Crippen LogP contribution < -0.4 is 0 Å². The van der Waals surface area contributed by atoms with Crippen LogP contribution in [-0.2, 0) is 12.8 Å². The van der Waals surface area contributed by atoms with Crippen LogP contribution in [-0.4, -0.2) is 0 Å². The summed E-state index contributed by atoms with van der Waals surface area (Å²) >= 11 is 0. The zero-order valence-electron chi connectivity index (χ0n) is 9.56. The van der Waals surface area contributed by atoms with Crippen LogP contribution in [0, 0.1) is 6.92 Å². The van der Waals surface area contributed by atoms with Crippen molar-refractivity contribution in [1.82, 2.24) is 0 Å². The van der Waals surface area contributed by atoms with E-state index in [4.69, 9.17) is 0 Å². The van der Waals surface area contributed by atoms with Crippen molar-refractivity contribution in [2.45, 2.75) is 52.4 Å². The Morgan fingerprint density at radius 1 is 1.07 bits per heavy atom. The van der Waals surface area contributed by atoms with E-state index in [-0.39, 0.29) is 0 Å². The lowest BCUT2D eigenvalue weighted by Crippen LogP contribution is -1.96. The number of hydrogen-bond donors (Lipinski definition) is 0. The van der Waals surface area contributed by atoms with Crippen molar-refractivity contribution >= 4 is 0 Å². The molecule has 1 aliphatic rings. The molecule has 0 atom stereocenters. The van der Waals surface area contributed by atoms with Gasteiger partial charge in [0.1, 0.15) is 0 Å². The predicted octanol–water partition coefficient (Wildman–Crippen LogP) is 4.00. The molecule has 1 aromatic rings. The fourth-order valence-electron chi connectivity index (χ4n) is 2.32. The van der Waals surface area contributed by atoms with E-state index in [9.17, 15) is 0 Å². The normalized spacial score (nSPS) is 15.9. The number of aryl methyl sites for hydroxylation is 3. The van der Waals surface area contributed by atoms with E-state index in [0.29, 0.717) is 0 Å². The highest BCUT2D eigenvalue weighted by atomic mass is 14.3. The third-order valence-electron chi connectivity index (χ3n) is 3.37. The van der Waals surface area contributed by atoms with Gasteiger partial charge in [0, 0.05) is 0 Å². The van der Waals surface area contributed by atoms with E-state index in [1.807, 2.05) is 0 Å². The van der Waals surface area contributed by atoms with Gasteiger partial charge in [-0.1, -0.05) is 26.0 Å². The molecule has 0 unspecified atom stereocenters. The van der Waals surface area contributed by atoms with Crippen molar-refractivity contribution in [3.8, 4) is 0 Å². The van der Waals surface area contributed by atoms with E-state index in [1.165, 1.54) is 31.2 Å². The molecule has 0 aliphatic heterocycles. The van der Waals surface area contributed by atoms with Crippen molar-refractivity contribution in [1.29, 1.82) is 0 Å². The Bertz CT molecular complexity index is 332. The van der Waals surface area contributed by atoms with Crippen molar-refractivity contribution in [2.75, 3.05) is 0 Å². The van der Waals surface area contributed by atoms with Crippen LogP contribution in [0.15, 0.2) is 12.1 Å². The van der Waals surface area contributed by atoms with E-state index in [0.717, 1.165) is 5.92 Å². The molecule has 1 aliphatic carbocycles. The van der Waals surface area contributed by atoms with Crippen LogP contribution in [0.1, 0.15) is 54.9 Å². The van der Waals surface area contributed by atoms with Gasteiger partial charge in [-0.3, -0.25) is 0 Å². The van der Waals surface area contributed by atoms with Gasteiger partial charge in [-0.15, -0.1) is 0 Å². The van der Waals surface area contributed by atoms with Gasteiger partial charge in [0.05, 0.1) is 0 Å². The maximum Gasteiger partial charge on any atom is -0.0159 e. The first-order valence-electron chi connectivity index (χ1n) is 5.88. The van der Waals surface area contributed by atoms with Gasteiger partial charge in [-0.05, 0) is 60.8 Å². The lowest BCUT2D eigenvalue weighted by Gasteiger charge is -2.12. The Morgan fingerprint density at radius 2 is 1.64 bits per heavy atom. The lowest BCUT2D eigenvalue weighted by atomic mass is 9.94. The third-order valence-corrected chi connectivity index (χ3v) is 3.37. The zero-order chi connectivity index (χ0) is 10.1. The van der Waals surface area contributed by atoms with Crippen molar-refractivity contribution in [3.63, 3.8) is 0 Å². The average molecular weight is 188 g/mol. The van der Waals surface area contributed by atoms with Crippen LogP contribution in [0.2, 0.25) is 0 Å². The highest BCUT2D eigenvalue weighted by molar-refractivity contribution is 5.41. The smallest absolute Gasteiger partial charge is 0.0159 e. The summed E-state index contributed by atoms with van der Waals surface area (Å²) < 4.78 is 0. The maximum atomic E-state index is 2.46. The molecule has 0 amide bonds. The first kappa shape index (κ1) is 9.76. The van der Waals surface area contributed by atoms with E-state index in [2.05, 4.69) is 32.9 Å². The summed E-state index contributed by atoms with van der Waals surface area (Å²) in [7, 11) is 0. The van der Waals surface area contributed by atoms with Gasteiger partial charge in [0.25, 0.3) is 0 Å². The monoisotopic (exact) mass is 188 g/mol. The van der Waals surface area contributed by atoms with Crippen LogP contribution in [0.25, 0.3) is 0 Å². The largest absolute Gasteiger partial charge is 0.0613 e. The Kier molecular flexibility index (Phi) is 2.62. The molecule has 0 bridgehead atoms. The van der Waals surface area contributed by atoms with Gasteiger partial charge in [0.15, 0.2) is 0 Å². The maximum absolute atomic E-state index is 2.46. The van der Waals surface area contributed by atoms with Gasteiger partial charge in [0.2, 0.25) is 0 Å². The van der Waals surface area contributed by atoms with Crippen molar-refractivity contribution in [2.24, 2.45) is 0 Å². The summed E-state index contributed by atoms with van der Waals surface area (Å²) in [6.07, 6.45) is 5.18. The highest BCUT2D eigenvalue weighted by Crippen LogP contribution is 2.42. The summed E-state index contributed by atoms with van der Waals surface area (Å²) in [6.45, 7) is 6.79. The molecule has 0 radical (unpaired) electrons. The molecule has 1 fully saturated rings. The lowest BCUT2D eigenvalue weighted by molar-refractivity contribution is 0.998. The second-order valence-corrected chi connectivity index (χ2v) is 4.46. The second-order valence-electron chi connectivity index (χ2n) is 4.46. The Hall–Kier alpha value is -0.780. The van der Waals surface area contributed by atoms with Crippen LogP contribution in [0.5, 0.6) is 0 Å². The molecule has 0 heterocycles. The minimum atomic E-state index is 0.895. The fourth-order valence-corrected chi connectivity index (χ4v) is 2.32. The molecular weight excluding hydrogens is 168 g/mol. The Labute approximate surface area is 87.3 Å². The molecule has 0 aromatic heterocycles. The molecule has 0 N–H and O–H groups in total. The van der Waals surface area contributed by atoms with Crippen LogP contribution >= 0.6 is 0 Å². The standard InChI is InChI=1S/C14H20/c1-4-11-8-10(3)14(13-6-7-13)9-12(11)5-2/h8-9,13H,4-7H2,1-3H3. The Balaban J connectivity index is 2.42. The summed E-state index contributed by atoms with van der Waals surface area (Å²) in [5.74, 6) is 0.895. The number of benzene rings is 1. The molecule has 2 rings (SSSR count). The Morgan fingerprint density at radius 3 is 2.14 bits per heavy atom. The molecule has 76 valence electrons.